The highest BCUT2D eigenvalue weighted by Crippen LogP contribution is 2.27. The first kappa shape index (κ1) is 8.05. The lowest BCUT2D eigenvalue weighted by atomic mass is 9.96. The van der Waals surface area contributed by atoms with Gasteiger partial charge in [0.15, 0.2) is 5.78 Å². The molecule has 0 unspecified atom stereocenters. The molecule has 0 heterocycles. The second-order valence-corrected chi connectivity index (χ2v) is 2.95. The summed E-state index contributed by atoms with van der Waals surface area (Å²) in [6, 6.07) is 5.54. The molecule has 2 nitrogen and oxygen atoms in total. The van der Waals surface area contributed by atoms with Gasteiger partial charge in [0.1, 0.15) is 5.75 Å². The minimum Gasteiger partial charge on any atom is -0.496 e. The highest BCUT2D eigenvalue weighted by Gasteiger charge is 2.15. The Morgan fingerprint density at radius 2 is 2.23 bits per heavy atom. The van der Waals surface area contributed by atoms with Gasteiger partial charge < -0.3 is 4.74 Å². The van der Waals surface area contributed by atoms with Gasteiger partial charge in [-0.1, -0.05) is 24.3 Å². The van der Waals surface area contributed by atoms with Gasteiger partial charge in [-0.2, -0.15) is 0 Å². The molecule has 13 heavy (non-hydrogen) atoms. The van der Waals surface area contributed by atoms with Gasteiger partial charge in [-0.15, -0.1) is 0 Å². The van der Waals surface area contributed by atoms with Gasteiger partial charge in [-0.3, -0.25) is 4.79 Å². The van der Waals surface area contributed by atoms with Gasteiger partial charge in [-0.05, 0) is 6.07 Å². The van der Waals surface area contributed by atoms with Crippen molar-refractivity contribution >= 4 is 11.9 Å². The molecule has 1 aromatic carbocycles. The number of hydrogen-bond acceptors (Lipinski definition) is 2. The molecule has 0 radical (unpaired) electrons. The monoisotopic (exact) mass is 174 g/mol. The van der Waals surface area contributed by atoms with Crippen LogP contribution in [0.1, 0.15) is 22.3 Å². The van der Waals surface area contributed by atoms with E-state index in [-0.39, 0.29) is 5.78 Å². The van der Waals surface area contributed by atoms with Crippen molar-refractivity contribution in [1.82, 2.24) is 0 Å². The molecule has 1 aliphatic carbocycles. The number of fused-ring (bicyclic) bond motifs is 1. The van der Waals surface area contributed by atoms with E-state index in [1.807, 2.05) is 30.4 Å². The Labute approximate surface area is 76.8 Å². The molecule has 66 valence electrons. The number of allylic oxidation sites excluding steroid dienone is 1. The molecule has 0 atom stereocenters. The lowest BCUT2D eigenvalue weighted by Crippen LogP contribution is -2.05. The van der Waals surface area contributed by atoms with E-state index in [0.29, 0.717) is 6.42 Å². The predicted molar refractivity (Wildman–Crippen MR) is 51.0 cm³/mol. The van der Waals surface area contributed by atoms with E-state index in [9.17, 15) is 4.79 Å². The van der Waals surface area contributed by atoms with Crippen LogP contribution in [0.5, 0.6) is 5.75 Å². The number of hydrogen-bond donors (Lipinski definition) is 0. The van der Waals surface area contributed by atoms with Gasteiger partial charge in [0, 0.05) is 17.5 Å². The topological polar surface area (TPSA) is 26.3 Å². The molecular weight excluding hydrogens is 164 g/mol. The van der Waals surface area contributed by atoms with Crippen LogP contribution in [0.4, 0.5) is 0 Å². The summed E-state index contributed by atoms with van der Waals surface area (Å²) in [5.41, 5.74) is 1.67. The maximum atomic E-state index is 11.4. The lowest BCUT2D eigenvalue weighted by Gasteiger charge is -2.12. The van der Waals surface area contributed by atoms with E-state index in [4.69, 9.17) is 4.74 Å². The Bertz CT molecular complexity index is 378. The molecule has 0 fully saturated rings. The van der Waals surface area contributed by atoms with Crippen LogP contribution in [-0.4, -0.2) is 12.9 Å². The van der Waals surface area contributed by atoms with E-state index < -0.39 is 0 Å². The van der Waals surface area contributed by atoms with Crippen molar-refractivity contribution in [3.05, 3.63) is 35.4 Å². The van der Waals surface area contributed by atoms with Crippen LogP contribution < -0.4 is 4.74 Å². The van der Waals surface area contributed by atoms with Crippen molar-refractivity contribution in [2.75, 3.05) is 7.11 Å². The average molecular weight is 174 g/mol. The molecule has 0 bridgehead atoms. The second-order valence-electron chi connectivity index (χ2n) is 2.95. The molecule has 0 saturated carbocycles. The van der Waals surface area contributed by atoms with Gasteiger partial charge in [-0.25, -0.2) is 0 Å². The predicted octanol–water partition coefficient (Wildman–Crippen LogP) is 2.29. The van der Waals surface area contributed by atoms with Gasteiger partial charge in [0.2, 0.25) is 0 Å². The molecule has 2 heteroatoms. The third-order valence-corrected chi connectivity index (χ3v) is 2.17. The number of Topliss-reactive ketones (excluding diaryl/α,β-unsaturated/α-hetero) is 1. The lowest BCUT2D eigenvalue weighted by molar-refractivity contribution is 0.0994. The Balaban J connectivity index is 2.63. The van der Waals surface area contributed by atoms with Gasteiger partial charge in [0.05, 0.1) is 7.11 Å². The molecule has 0 saturated heterocycles. The van der Waals surface area contributed by atoms with Crippen molar-refractivity contribution in [1.29, 1.82) is 0 Å². The van der Waals surface area contributed by atoms with E-state index in [2.05, 4.69) is 0 Å². The normalized spacial score (nSPS) is 14.1. The summed E-state index contributed by atoms with van der Waals surface area (Å²) < 4.78 is 5.16. The third kappa shape index (κ3) is 1.24. The number of ether oxygens (including phenoxy) is 1. The molecule has 1 aromatic rings. The fourth-order valence-electron chi connectivity index (χ4n) is 1.53. The summed E-state index contributed by atoms with van der Waals surface area (Å²) in [4.78, 5) is 11.4. The SMILES string of the molecule is COc1cccc2c1C=CCC2=O. The highest BCUT2D eigenvalue weighted by atomic mass is 16.5. The van der Waals surface area contributed by atoms with E-state index in [0.717, 1.165) is 16.9 Å². The van der Waals surface area contributed by atoms with E-state index in [1.165, 1.54) is 0 Å². The highest BCUT2D eigenvalue weighted by molar-refractivity contribution is 6.03. The Morgan fingerprint density at radius 3 is 3.00 bits per heavy atom. The molecule has 0 aromatic heterocycles. The summed E-state index contributed by atoms with van der Waals surface area (Å²) >= 11 is 0. The van der Waals surface area contributed by atoms with Crippen molar-refractivity contribution in [2.24, 2.45) is 0 Å². The number of rotatable bonds is 1. The van der Waals surface area contributed by atoms with Crippen LogP contribution in [0, 0.1) is 0 Å². The van der Waals surface area contributed by atoms with E-state index in [1.54, 1.807) is 7.11 Å². The second kappa shape index (κ2) is 3.05. The molecule has 0 amide bonds. The number of benzene rings is 1. The van der Waals surface area contributed by atoms with Crippen molar-refractivity contribution in [3.8, 4) is 5.75 Å². The van der Waals surface area contributed by atoms with Crippen molar-refractivity contribution < 1.29 is 9.53 Å². The first-order chi connectivity index (χ1) is 6.33. The van der Waals surface area contributed by atoms with Crippen LogP contribution in [0.15, 0.2) is 24.3 Å². The molecule has 1 aliphatic rings. The van der Waals surface area contributed by atoms with Crippen molar-refractivity contribution in [3.63, 3.8) is 0 Å². The molecule has 0 spiro atoms. The quantitative estimate of drug-likeness (QED) is 0.653. The standard InChI is InChI=1S/C11H10O2/c1-13-11-7-3-4-8-9(11)5-2-6-10(8)12/h2-5,7H,6H2,1H3. The molecule has 0 N–H and O–H groups in total. The smallest absolute Gasteiger partial charge is 0.167 e. The third-order valence-electron chi connectivity index (χ3n) is 2.17. The van der Waals surface area contributed by atoms with Gasteiger partial charge in [0.25, 0.3) is 0 Å². The summed E-state index contributed by atoms with van der Waals surface area (Å²) in [5, 5.41) is 0. The minimum atomic E-state index is 0.163. The molecule has 0 aliphatic heterocycles. The summed E-state index contributed by atoms with van der Waals surface area (Å²) in [5.74, 6) is 0.929. The zero-order valence-electron chi connectivity index (χ0n) is 7.41. The van der Waals surface area contributed by atoms with Crippen LogP contribution in [-0.2, 0) is 0 Å². The molecule has 2 rings (SSSR count). The van der Waals surface area contributed by atoms with Gasteiger partial charge >= 0.3 is 0 Å². The largest absolute Gasteiger partial charge is 0.496 e. The Kier molecular flexibility index (Phi) is 1.89. The first-order valence-corrected chi connectivity index (χ1v) is 4.19. The fourth-order valence-corrected chi connectivity index (χ4v) is 1.53. The number of carbonyl (C=O) groups excluding carboxylic acids is 1. The number of ketones is 1. The minimum absolute atomic E-state index is 0.163. The van der Waals surface area contributed by atoms with Crippen LogP contribution >= 0.6 is 0 Å². The summed E-state index contributed by atoms with van der Waals surface area (Å²) in [6.07, 6.45) is 4.31. The summed E-state index contributed by atoms with van der Waals surface area (Å²) in [7, 11) is 1.61. The molecular formula is C11H10O2. The first-order valence-electron chi connectivity index (χ1n) is 4.19. The maximum Gasteiger partial charge on any atom is 0.167 e. The van der Waals surface area contributed by atoms with Crippen LogP contribution in [0.25, 0.3) is 6.08 Å². The Morgan fingerprint density at radius 1 is 1.38 bits per heavy atom. The zero-order valence-corrected chi connectivity index (χ0v) is 7.41. The number of carbonyl (C=O) groups is 1. The van der Waals surface area contributed by atoms with Crippen molar-refractivity contribution in [2.45, 2.75) is 6.42 Å². The fraction of sp³-hybridized carbons (Fsp3) is 0.182. The Hall–Kier alpha value is -1.57. The van der Waals surface area contributed by atoms with Crippen LogP contribution in [0.2, 0.25) is 0 Å². The van der Waals surface area contributed by atoms with E-state index >= 15 is 0 Å². The van der Waals surface area contributed by atoms with Crippen LogP contribution in [0.3, 0.4) is 0 Å². The average Bonchev–Trinajstić information content (AvgIpc) is 2.18. The zero-order chi connectivity index (χ0) is 9.26. The maximum absolute atomic E-state index is 11.4. The number of methoxy groups -OCH3 is 1. The summed E-state index contributed by atoms with van der Waals surface area (Å²) in [6.45, 7) is 0.